The molecule has 0 aliphatic rings. The minimum absolute atomic E-state index is 0.341. The number of benzene rings is 1. The van der Waals surface area contributed by atoms with Gasteiger partial charge in [-0.1, -0.05) is 42.8 Å². The molecule has 3 nitrogen and oxygen atoms in total. The van der Waals surface area contributed by atoms with E-state index < -0.39 is 0 Å². The first-order chi connectivity index (χ1) is 10.1. The van der Waals surface area contributed by atoms with E-state index in [1.54, 1.807) is 0 Å². The molecule has 2 aromatic rings. The van der Waals surface area contributed by atoms with E-state index in [4.69, 9.17) is 5.10 Å². The summed E-state index contributed by atoms with van der Waals surface area (Å²) < 4.78 is 3.19. The number of aromatic nitrogens is 2. The standard InChI is InChI=1S/C17H24BrN3/c1-5-13-10-14(6-2)21(20-13)15-8-9-16(17(18)11-15)12(4)19-7-3/h8-12,19H,5-7H2,1-4H3. The number of rotatable bonds is 6. The van der Waals surface area contributed by atoms with E-state index in [1.165, 1.54) is 11.3 Å². The lowest BCUT2D eigenvalue weighted by molar-refractivity contribution is 0.596. The monoisotopic (exact) mass is 349 g/mol. The van der Waals surface area contributed by atoms with Gasteiger partial charge in [0.15, 0.2) is 0 Å². The zero-order valence-corrected chi connectivity index (χ0v) is 14.9. The van der Waals surface area contributed by atoms with Gasteiger partial charge < -0.3 is 5.32 Å². The Morgan fingerprint density at radius 2 is 1.95 bits per heavy atom. The number of halogens is 1. The van der Waals surface area contributed by atoms with Crippen LogP contribution >= 0.6 is 15.9 Å². The molecule has 1 N–H and O–H groups in total. The third kappa shape index (κ3) is 3.55. The summed E-state index contributed by atoms with van der Waals surface area (Å²) in [5.41, 5.74) is 4.80. The Bertz CT molecular complexity index is 604. The Morgan fingerprint density at radius 1 is 1.19 bits per heavy atom. The van der Waals surface area contributed by atoms with Crippen LogP contribution in [-0.2, 0) is 12.8 Å². The Kier molecular flexibility index (Phi) is 5.59. The van der Waals surface area contributed by atoms with Crippen molar-refractivity contribution >= 4 is 15.9 Å². The highest BCUT2D eigenvalue weighted by atomic mass is 79.9. The van der Waals surface area contributed by atoms with Crippen molar-refractivity contribution in [2.75, 3.05) is 6.54 Å². The smallest absolute Gasteiger partial charge is 0.0660 e. The maximum atomic E-state index is 4.70. The van der Waals surface area contributed by atoms with E-state index >= 15 is 0 Å². The Balaban J connectivity index is 2.38. The average molecular weight is 350 g/mol. The lowest BCUT2D eigenvalue weighted by atomic mass is 10.1. The number of nitrogens with one attached hydrogen (secondary N) is 1. The van der Waals surface area contributed by atoms with Crippen molar-refractivity contribution in [2.45, 2.75) is 46.6 Å². The van der Waals surface area contributed by atoms with Crippen molar-refractivity contribution < 1.29 is 0 Å². The van der Waals surface area contributed by atoms with Crippen molar-refractivity contribution in [3.05, 3.63) is 45.7 Å². The van der Waals surface area contributed by atoms with Gasteiger partial charge in [-0.3, -0.25) is 0 Å². The van der Waals surface area contributed by atoms with Crippen molar-refractivity contribution in [3.8, 4) is 5.69 Å². The number of nitrogens with zero attached hydrogens (tertiary/aromatic N) is 2. The minimum atomic E-state index is 0.341. The minimum Gasteiger partial charge on any atom is -0.310 e. The van der Waals surface area contributed by atoms with Gasteiger partial charge in [-0.05, 0) is 50.1 Å². The van der Waals surface area contributed by atoms with Gasteiger partial charge in [0, 0.05) is 16.2 Å². The van der Waals surface area contributed by atoms with Gasteiger partial charge in [-0.25, -0.2) is 4.68 Å². The molecule has 1 heterocycles. The topological polar surface area (TPSA) is 29.9 Å². The first-order valence-corrected chi connectivity index (χ1v) is 8.50. The Morgan fingerprint density at radius 3 is 2.52 bits per heavy atom. The van der Waals surface area contributed by atoms with Crippen LogP contribution in [0.3, 0.4) is 0 Å². The molecule has 1 aromatic heterocycles. The van der Waals surface area contributed by atoms with Gasteiger partial charge in [0.25, 0.3) is 0 Å². The van der Waals surface area contributed by atoms with E-state index in [9.17, 15) is 0 Å². The molecule has 0 aliphatic heterocycles. The van der Waals surface area contributed by atoms with Crippen LogP contribution in [0.25, 0.3) is 5.69 Å². The molecule has 1 unspecified atom stereocenters. The number of hydrogen-bond acceptors (Lipinski definition) is 2. The Labute approximate surface area is 135 Å². The molecule has 1 aromatic carbocycles. The number of hydrogen-bond donors (Lipinski definition) is 1. The maximum absolute atomic E-state index is 4.70. The molecule has 1 atom stereocenters. The second-order valence-corrected chi connectivity index (χ2v) is 6.09. The third-order valence-corrected chi connectivity index (χ3v) is 4.45. The fraction of sp³-hybridized carbons (Fsp3) is 0.471. The highest BCUT2D eigenvalue weighted by Crippen LogP contribution is 2.26. The van der Waals surface area contributed by atoms with Crippen LogP contribution in [0, 0.1) is 0 Å². The molecule has 114 valence electrons. The van der Waals surface area contributed by atoms with Crippen LogP contribution in [-0.4, -0.2) is 16.3 Å². The summed E-state index contributed by atoms with van der Waals surface area (Å²) in [5.74, 6) is 0. The van der Waals surface area contributed by atoms with Crippen molar-refractivity contribution in [2.24, 2.45) is 0 Å². The first-order valence-electron chi connectivity index (χ1n) is 7.71. The van der Waals surface area contributed by atoms with Gasteiger partial charge in [-0.2, -0.15) is 5.10 Å². The van der Waals surface area contributed by atoms with E-state index in [-0.39, 0.29) is 0 Å². The van der Waals surface area contributed by atoms with E-state index in [1.807, 2.05) is 0 Å². The molecule has 21 heavy (non-hydrogen) atoms. The fourth-order valence-electron chi connectivity index (χ4n) is 2.54. The van der Waals surface area contributed by atoms with E-state index in [0.29, 0.717) is 6.04 Å². The summed E-state index contributed by atoms with van der Waals surface area (Å²) in [4.78, 5) is 0. The van der Waals surface area contributed by atoms with Crippen LogP contribution in [0.1, 0.15) is 50.7 Å². The SMILES string of the molecule is CCNC(C)c1ccc(-n2nc(CC)cc2CC)cc1Br. The summed E-state index contributed by atoms with van der Waals surface area (Å²) in [6.45, 7) is 9.59. The average Bonchev–Trinajstić information content (AvgIpc) is 2.90. The van der Waals surface area contributed by atoms with Gasteiger partial charge in [0.2, 0.25) is 0 Å². The van der Waals surface area contributed by atoms with Crippen molar-refractivity contribution in [1.29, 1.82) is 0 Å². The van der Waals surface area contributed by atoms with Crippen molar-refractivity contribution in [3.63, 3.8) is 0 Å². The lowest BCUT2D eigenvalue weighted by Gasteiger charge is -2.16. The molecular formula is C17H24BrN3. The summed E-state index contributed by atoms with van der Waals surface area (Å²) in [6, 6.07) is 9.03. The predicted octanol–water partition coefficient (Wildman–Crippen LogP) is 4.43. The summed E-state index contributed by atoms with van der Waals surface area (Å²) in [7, 11) is 0. The van der Waals surface area contributed by atoms with E-state index in [2.05, 4.69) is 77.9 Å². The van der Waals surface area contributed by atoms with Crippen molar-refractivity contribution in [1.82, 2.24) is 15.1 Å². The zero-order chi connectivity index (χ0) is 15.4. The molecular weight excluding hydrogens is 326 g/mol. The van der Waals surface area contributed by atoms with Gasteiger partial charge in [-0.15, -0.1) is 0 Å². The number of aryl methyl sites for hydroxylation is 2. The summed E-state index contributed by atoms with van der Waals surface area (Å²) >= 11 is 3.70. The van der Waals surface area contributed by atoms with Gasteiger partial charge in [0.05, 0.1) is 11.4 Å². The molecule has 0 fully saturated rings. The summed E-state index contributed by atoms with van der Waals surface area (Å²) in [6.07, 6.45) is 1.96. The summed E-state index contributed by atoms with van der Waals surface area (Å²) in [5, 5.41) is 8.15. The van der Waals surface area contributed by atoms with Crippen LogP contribution in [0.15, 0.2) is 28.7 Å². The molecule has 0 radical (unpaired) electrons. The van der Waals surface area contributed by atoms with Crippen LogP contribution < -0.4 is 5.32 Å². The largest absolute Gasteiger partial charge is 0.310 e. The second kappa shape index (κ2) is 7.23. The molecule has 0 spiro atoms. The molecule has 0 saturated heterocycles. The molecule has 2 rings (SSSR count). The quantitative estimate of drug-likeness (QED) is 0.835. The highest BCUT2D eigenvalue weighted by molar-refractivity contribution is 9.10. The lowest BCUT2D eigenvalue weighted by Crippen LogP contribution is -2.18. The van der Waals surface area contributed by atoms with E-state index in [0.717, 1.165) is 35.2 Å². The van der Waals surface area contributed by atoms with Gasteiger partial charge in [0.1, 0.15) is 0 Å². The maximum Gasteiger partial charge on any atom is 0.0660 e. The van der Waals surface area contributed by atoms with Crippen LogP contribution in [0.5, 0.6) is 0 Å². The highest BCUT2D eigenvalue weighted by Gasteiger charge is 2.12. The fourth-order valence-corrected chi connectivity index (χ4v) is 3.25. The predicted molar refractivity (Wildman–Crippen MR) is 92.1 cm³/mol. The van der Waals surface area contributed by atoms with Crippen LogP contribution in [0.4, 0.5) is 0 Å². The molecule has 4 heteroatoms. The molecule has 0 amide bonds. The normalized spacial score (nSPS) is 12.6. The van der Waals surface area contributed by atoms with Crippen LogP contribution in [0.2, 0.25) is 0 Å². The first kappa shape index (κ1) is 16.2. The third-order valence-electron chi connectivity index (χ3n) is 3.76. The molecule has 0 aliphatic carbocycles. The Hall–Kier alpha value is -1.13. The molecule has 0 bridgehead atoms. The van der Waals surface area contributed by atoms with Gasteiger partial charge >= 0.3 is 0 Å². The zero-order valence-electron chi connectivity index (χ0n) is 13.3. The molecule has 0 saturated carbocycles. The second-order valence-electron chi connectivity index (χ2n) is 5.23.